The van der Waals surface area contributed by atoms with Crippen molar-refractivity contribution in [2.75, 3.05) is 26.7 Å². The minimum atomic E-state index is -0.664. The van der Waals surface area contributed by atoms with Gasteiger partial charge in [0, 0.05) is 0 Å². The smallest absolute Gasteiger partial charge is 0.324 e. The number of likely N-dealkylation sites (N-methyl/N-ethyl adjacent to an activating group) is 1. The van der Waals surface area contributed by atoms with Crippen molar-refractivity contribution < 1.29 is 9.90 Å². The largest absolute Gasteiger partial charge is 0.480 e. The van der Waals surface area contributed by atoms with E-state index in [2.05, 4.69) is 17.1 Å². The van der Waals surface area contributed by atoms with E-state index in [9.17, 15) is 9.90 Å². The molecule has 0 radical (unpaired) electrons. The van der Waals surface area contributed by atoms with Crippen LogP contribution in [0.25, 0.3) is 0 Å². The Morgan fingerprint density at radius 1 is 1.37 bits per heavy atom. The maximum absolute atomic E-state index is 11.6. The predicted octanol–water partition coefficient (Wildman–Crippen LogP) is 1.95. The van der Waals surface area contributed by atoms with Crippen molar-refractivity contribution in [3.05, 3.63) is 0 Å². The summed E-state index contributed by atoms with van der Waals surface area (Å²) in [7, 11) is 1.80. The monoisotopic (exact) mass is 268 g/mol. The summed E-state index contributed by atoms with van der Waals surface area (Å²) in [5.41, 5.74) is -0.664. The molecule has 4 heteroatoms. The third-order valence-electron chi connectivity index (χ3n) is 5.32. The van der Waals surface area contributed by atoms with E-state index in [0.717, 1.165) is 38.1 Å². The molecule has 1 aliphatic heterocycles. The summed E-state index contributed by atoms with van der Waals surface area (Å²) in [5.74, 6) is 0.484. The van der Waals surface area contributed by atoms with Crippen molar-refractivity contribution in [2.24, 2.45) is 11.8 Å². The van der Waals surface area contributed by atoms with Crippen LogP contribution in [-0.2, 0) is 4.79 Å². The molecule has 1 saturated heterocycles. The molecule has 110 valence electrons. The number of carboxylic acid groups (broad SMARTS) is 1. The number of piperidine rings is 1. The van der Waals surface area contributed by atoms with Gasteiger partial charge in [0.15, 0.2) is 0 Å². The number of carboxylic acids is 1. The first-order valence-electron chi connectivity index (χ1n) is 7.73. The number of hydrogen-bond donors (Lipinski definition) is 2. The fourth-order valence-electron chi connectivity index (χ4n) is 3.81. The highest BCUT2D eigenvalue weighted by Gasteiger charge is 2.47. The number of aliphatic carboxylic acids is 1. The second-order valence-corrected chi connectivity index (χ2v) is 6.43. The summed E-state index contributed by atoms with van der Waals surface area (Å²) in [6.45, 7) is 5.76. The Labute approximate surface area is 116 Å². The molecule has 2 aliphatic rings. The summed E-state index contributed by atoms with van der Waals surface area (Å²) in [4.78, 5) is 14.1. The number of nitrogens with one attached hydrogen (secondary N) is 1. The molecule has 0 amide bonds. The van der Waals surface area contributed by atoms with Gasteiger partial charge >= 0.3 is 5.97 Å². The highest BCUT2D eigenvalue weighted by molar-refractivity contribution is 5.79. The molecule has 19 heavy (non-hydrogen) atoms. The average molecular weight is 268 g/mol. The molecule has 2 atom stereocenters. The van der Waals surface area contributed by atoms with Gasteiger partial charge in [0.05, 0.1) is 0 Å². The molecule has 2 rings (SSSR count). The predicted molar refractivity (Wildman–Crippen MR) is 76.2 cm³/mol. The van der Waals surface area contributed by atoms with Crippen molar-refractivity contribution in [3.63, 3.8) is 0 Å². The van der Waals surface area contributed by atoms with Gasteiger partial charge in [-0.2, -0.15) is 0 Å². The van der Waals surface area contributed by atoms with Gasteiger partial charge in [-0.1, -0.05) is 13.3 Å². The quantitative estimate of drug-likeness (QED) is 0.800. The molecular weight excluding hydrogens is 240 g/mol. The second kappa shape index (κ2) is 6.23. The van der Waals surface area contributed by atoms with Crippen LogP contribution >= 0.6 is 0 Å². The summed E-state index contributed by atoms with van der Waals surface area (Å²) >= 11 is 0. The first-order valence-corrected chi connectivity index (χ1v) is 7.73. The van der Waals surface area contributed by atoms with Gasteiger partial charge in [0.1, 0.15) is 5.54 Å². The van der Waals surface area contributed by atoms with E-state index in [-0.39, 0.29) is 5.92 Å². The van der Waals surface area contributed by atoms with Crippen LogP contribution in [-0.4, -0.2) is 48.2 Å². The van der Waals surface area contributed by atoms with Gasteiger partial charge < -0.3 is 15.3 Å². The van der Waals surface area contributed by atoms with Crippen molar-refractivity contribution >= 4 is 5.97 Å². The molecule has 2 N–H and O–H groups in total. The van der Waals surface area contributed by atoms with Crippen LogP contribution in [0.15, 0.2) is 0 Å². The van der Waals surface area contributed by atoms with E-state index in [1.165, 1.54) is 25.9 Å². The Morgan fingerprint density at radius 2 is 2.05 bits per heavy atom. The lowest BCUT2D eigenvalue weighted by molar-refractivity contribution is -0.146. The summed E-state index contributed by atoms with van der Waals surface area (Å²) in [5, 5.41) is 12.6. The summed E-state index contributed by atoms with van der Waals surface area (Å²) in [6, 6.07) is 0. The number of hydrogen-bond acceptors (Lipinski definition) is 3. The Hall–Kier alpha value is -0.610. The topological polar surface area (TPSA) is 52.6 Å². The average Bonchev–Trinajstić information content (AvgIpc) is 2.82. The van der Waals surface area contributed by atoms with Gasteiger partial charge in [-0.3, -0.25) is 4.79 Å². The molecular formula is C15H28N2O2. The molecule has 1 heterocycles. The standard InChI is InChI=1S/C15H28N2O2/c1-12-5-9-17(10-6-12)11-7-13-4-3-8-15(13,16-2)14(18)19/h12-13,16H,3-11H2,1-2H3,(H,18,19). The molecule has 0 bridgehead atoms. The summed E-state index contributed by atoms with van der Waals surface area (Å²) in [6.07, 6.45) is 6.47. The minimum absolute atomic E-state index is 0.286. The zero-order valence-corrected chi connectivity index (χ0v) is 12.3. The van der Waals surface area contributed by atoms with Crippen molar-refractivity contribution in [1.29, 1.82) is 0 Å². The van der Waals surface area contributed by atoms with Crippen LogP contribution in [0.3, 0.4) is 0 Å². The lowest BCUT2D eigenvalue weighted by Gasteiger charge is -2.34. The lowest BCUT2D eigenvalue weighted by atomic mass is 9.84. The van der Waals surface area contributed by atoms with Crippen LogP contribution in [0.4, 0.5) is 0 Å². The molecule has 0 aromatic rings. The number of rotatable bonds is 5. The number of carbonyl (C=O) groups is 1. The maximum Gasteiger partial charge on any atom is 0.324 e. The Bertz CT molecular complexity index is 313. The van der Waals surface area contributed by atoms with E-state index in [0.29, 0.717) is 0 Å². The van der Waals surface area contributed by atoms with Crippen LogP contribution in [0, 0.1) is 11.8 Å². The van der Waals surface area contributed by atoms with E-state index >= 15 is 0 Å². The molecule has 1 aliphatic carbocycles. The molecule has 4 nitrogen and oxygen atoms in total. The normalized spacial score (nSPS) is 33.7. The Kier molecular flexibility index (Phi) is 4.85. The molecule has 0 spiro atoms. The third kappa shape index (κ3) is 3.11. The van der Waals surface area contributed by atoms with Gasteiger partial charge in [-0.15, -0.1) is 0 Å². The van der Waals surface area contributed by atoms with Crippen LogP contribution in [0.5, 0.6) is 0 Å². The van der Waals surface area contributed by atoms with Crippen molar-refractivity contribution in [2.45, 2.75) is 51.0 Å². The minimum Gasteiger partial charge on any atom is -0.480 e. The van der Waals surface area contributed by atoms with Crippen LogP contribution in [0.1, 0.15) is 45.4 Å². The Balaban J connectivity index is 1.86. The van der Waals surface area contributed by atoms with Crippen LogP contribution in [0.2, 0.25) is 0 Å². The molecule has 0 aromatic heterocycles. The number of likely N-dealkylation sites (tertiary alicyclic amines) is 1. The summed E-state index contributed by atoms with van der Waals surface area (Å²) < 4.78 is 0. The first-order chi connectivity index (χ1) is 9.08. The molecule has 2 unspecified atom stereocenters. The van der Waals surface area contributed by atoms with E-state index in [1.807, 2.05) is 0 Å². The fourth-order valence-corrected chi connectivity index (χ4v) is 3.81. The van der Waals surface area contributed by atoms with Crippen LogP contribution < -0.4 is 5.32 Å². The van der Waals surface area contributed by atoms with E-state index in [4.69, 9.17) is 0 Å². The molecule has 1 saturated carbocycles. The first kappa shape index (κ1) is 14.8. The highest BCUT2D eigenvalue weighted by atomic mass is 16.4. The Morgan fingerprint density at radius 3 is 2.63 bits per heavy atom. The van der Waals surface area contributed by atoms with Crippen molar-refractivity contribution in [3.8, 4) is 0 Å². The highest BCUT2D eigenvalue weighted by Crippen LogP contribution is 2.38. The van der Waals surface area contributed by atoms with E-state index < -0.39 is 11.5 Å². The van der Waals surface area contributed by atoms with Gasteiger partial charge in [-0.05, 0) is 70.6 Å². The molecule has 0 aromatic carbocycles. The third-order valence-corrected chi connectivity index (χ3v) is 5.32. The maximum atomic E-state index is 11.6. The van der Waals surface area contributed by atoms with Gasteiger partial charge in [0.2, 0.25) is 0 Å². The SMILES string of the molecule is CNC1(C(=O)O)CCCC1CCN1CCC(C)CC1. The second-order valence-electron chi connectivity index (χ2n) is 6.43. The fraction of sp³-hybridized carbons (Fsp3) is 0.933. The van der Waals surface area contributed by atoms with Crippen molar-refractivity contribution in [1.82, 2.24) is 10.2 Å². The zero-order chi connectivity index (χ0) is 13.9. The lowest BCUT2D eigenvalue weighted by Crippen LogP contribution is -2.53. The van der Waals surface area contributed by atoms with Gasteiger partial charge in [0.25, 0.3) is 0 Å². The van der Waals surface area contributed by atoms with E-state index in [1.54, 1.807) is 7.05 Å². The molecule has 2 fully saturated rings. The zero-order valence-electron chi connectivity index (χ0n) is 12.3. The van der Waals surface area contributed by atoms with Gasteiger partial charge in [-0.25, -0.2) is 0 Å². The number of nitrogens with zero attached hydrogens (tertiary/aromatic N) is 1.